The van der Waals surface area contributed by atoms with E-state index in [2.05, 4.69) is 147 Å². The van der Waals surface area contributed by atoms with E-state index in [4.69, 9.17) is 0 Å². The maximum atomic E-state index is 2.84. The fourth-order valence-corrected chi connectivity index (χ4v) is 21.7. The fraction of sp³-hybridized carbons (Fsp3) is 0.590. The minimum atomic E-state index is -1.66. The molecule has 4 aliphatic rings. The van der Waals surface area contributed by atoms with Gasteiger partial charge in [-0.15, -0.1) is 23.5 Å². The van der Waals surface area contributed by atoms with E-state index >= 15 is 0 Å². The van der Waals surface area contributed by atoms with Crippen LogP contribution in [0.15, 0.2) is 58.3 Å². The molecule has 2 aliphatic carbocycles. The van der Waals surface area contributed by atoms with Crippen molar-refractivity contribution in [2.24, 2.45) is 29.6 Å². The smallest absolute Gasteiger partial charge is 0.0564 e. The number of allylic oxidation sites excluding steroid dienone is 4. The van der Waals surface area contributed by atoms with Gasteiger partial charge in [-0.25, -0.2) is 0 Å². The van der Waals surface area contributed by atoms with E-state index in [1.54, 1.807) is 21.0 Å². The Bertz CT molecular complexity index is 1400. The minimum absolute atomic E-state index is 0.203. The summed E-state index contributed by atoms with van der Waals surface area (Å²) in [7, 11) is -1.66. The zero-order chi connectivity index (χ0) is 30.3. The van der Waals surface area contributed by atoms with Crippen molar-refractivity contribution in [2.45, 2.75) is 115 Å². The number of thioether (sulfide) groups is 2. The van der Waals surface area contributed by atoms with Gasteiger partial charge in [-0.3, -0.25) is 0 Å². The van der Waals surface area contributed by atoms with Crippen LogP contribution in [0.25, 0.3) is 11.1 Å². The van der Waals surface area contributed by atoms with E-state index in [1.165, 1.54) is 35.1 Å². The molecular weight excluding hydrogens is 561 g/mol. The number of hydrogen-bond donors (Lipinski definition) is 0. The molecule has 2 aliphatic heterocycles. The van der Waals surface area contributed by atoms with Gasteiger partial charge in [-0.05, 0) is 123 Å². The average Bonchev–Trinajstić information content (AvgIpc) is 3.60. The number of fused-ring (bicyclic) bond motifs is 2. The van der Waals surface area contributed by atoms with Gasteiger partial charge in [-0.1, -0.05) is 103 Å². The number of hydrogen-bond acceptors (Lipinski definition) is 2. The molecule has 0 nitrogen and oxygen atoms in total. The van der Waals surface area contributed by atoms with E-state index in [9.17, 15) is 0 Å². The Hall–Kier alpha value is -1.16. The normalized spacial score (nSPS) is 33.2. The summed E-state index contributed by atoms with van der Waals surface area (Å²) in [5, 5.41) is 1.53. The van der Waals surface area contributed by atoms with E-state index < -0.39 is 8.07 Å². The quantitative estimate of drug-likeness (QED) is 0.307. The van der Waals surface area contributed by atoms with Gasteiger partial charge in [0.15, 0.2) is 0 Å². The second-order valence-corrected chi connectivity index (χ2v) is 24.0. The van der Waals surface area contributed by atoms with Crippen LogP contribution in [0.4, 0.5) is 0 Å². The second kappa shape index (κ2) is 11.0. The van der Waals surface area contributed by atoms with Gasteiger partial charge < -0.3 is 0 Å². The van der Waals surface area contributed by atoms with Gasteiger partial charge in [-0.2, -0.15) is 0 Å². The topological polar surface area (TPSA) is 0 Å². The monoisotopic (exact) mass is 614 g/mol. The lowest BCUT2D eigenvalue weighted by Crippen LogP contribution is -2.48. The molecule has 2 aromatic rings. The van der Waals surface area contributed by atoms with Crippen molar-refractivity contribution in [1.29, 1.82) is 0 Å². The van der Waals surface area contributed by atoms with Gasteiger partial charge in [0.05, 0.1) is 8.07 Å². The SMILES string of the molecule is CC1=C(c2ccc(C(C)(C)C)cc2)C2CC(C)C([Si](C)(C)C3C(C(C)C)CC4C(c5ccccc5C)=C(C)SC43)C2S1. The highest BCUT2D eigenvalue weighted by Crippen LogP contribution is 2.69. The molecule has 2 aromatic carbocycles. The summed E-state index contributed by atoms with van der Waals surface area (Å²) in [4.78, 5) is 3.22. The second-order valence-electron chi connectivity index (χ2n) is 16.2. The molecule has 0 saturated heterocycles. The Morgan fingerprint density at radius 1 is 0.762 bits per heavy atom. The van der Waals surface area contributed by atoms with Crippen LogP contribution in [0.2, 0.25) is 24.2 Å². The van der Waals surface area contributed by atoms with Crippen molar-refractivity contribution >= 4 is 42.7 Å². The van der Waals surface area contributed by atoms with Crippen molar-refractivity contribution in [3.63, 3.8) is 0 Å². The summed E-state index contributed by atoms with van der Waals surface area (Å²) in [5.74, 6) is 3.86. The highest BCUT2D eigenvalue weighted by molar-refractivity contribution is 8.04. The first-order chi connectivity index (χ1) is 19.7. The lowest BCUT2D eigenvalue weighted by molar-refractivity contribution is 0.380. The molecule has 3 heteroatoms. The van der Waals surface area contributed by atoms with Gasteiger partial charge in [0.2, 0.25) is 0 Å². The number of aryl methyl sites for hydroxylation is 1. The van der Waals surface area contributed by atoms with Crippen LogP contribution in [-0.2, 0) is 5.41 Å². The van der Waals surface area contributed by atoms with E-state index in [0.29, 0.717) is 0 Å². The lowest BCUT2D eigenvalue weighted by Gasteiger charge is -2.46. The third-order valence-corrected chi connectivity index (χ3v) is 20.5. The van der Waals surface area contributed by atoms with Gasteiger partial charge in [0.1, 0.15) is 0 Å². The first-order valence-electron chi connectivity index (χ1n) is 16.6. The molecule has 42 heavy (non-hydrogen) atoms. The van der Waals surface area contributed by atoms with Crippen LogP contribution >= 0.6 is 23.5 Å². The van der Waals surface area contributed by atoms with E-state index in [-0.39, 0.29) is 5.41 Å². The molecule has 8 unspecified atom stereocenters. The maximum absolute atomic E-state index is 2.84. The summed E-state index contributed by atoms with van der Waals surface area (Å²) in [6.07, 6.45) is 2.76. The fourth-order valence-electron chi connectivity index (χ4n) is 10.1. The predicted octanol–water partition coefficient (Wildman–Crippen LogP) is 12.1. The third-order valence-electron chi connectivity index (χ3n) is 11.9. The maximum Gasteiger partial charge on any atom is 0.0564 e. The molecule has 8 atom stereocenters. The van der Waals surface area contributed by atoms with Crippen molar-refractivity contribution in [2.75, 3.05) is 0 Å². The van der Waals surface area contributed by atoms with Crippen molar-refractivity contribution in [3.05, 3.63) is 80.6 Å². The molecule has 0 amide bonds. The molecule has 226 valence electrons. The molecule has 2 saturated carbocycles. The van der Waals surface area contributed by atoms with Gasteiger partial charge in [0, 0.05) is 10.5 Å². The average molecular weight is 615 g/mol. The molecular formula is C39H54S2Si. The van der Waals surface area contributed by atoms with Gasteiger partial charge in [0.25, 0.3) is 0 Å². The first-order valence-corrected chi connectivity index (χ1v) is 21.5. The minimum Gasteiger partial charge on any atom is -0.127 e. The summed E-state index contributed by atoms with van der Waals surface area (Å²) < 4.78 is 0. The van der Waals surface area contributed by atoms with Gasteiger partial charge >= 0.3 is 0 Å². The molecule has 6 rings (SSSR count). The zero-order valence-electron chi connectivity index (χ0n) is 28.0. The number of rotatable bonds is 5. The Labute approximate surface area is 267 Å². The summed E-state index contributed by atoms with van der Waals surface area (Å²) in [6.45, 7) is 27.6. The Balaban J connectivity index is 1.31. The van der Waals surface area contributed by atoms with Crippen LogP contribution < -0.4 is 0 Å². The van der Waals surface area contributed by atoms with E-state index in [0.717, 1.165) is 51.2 Å². The summed E-state index contributed by atoms with van der Waals surface area (Å²) >= 11 is 4.57. The van der Waals surface area contributed by atoms with Crippen LogP contribution in [0.3, 0.4) is 0 Å². The largest absolute Gasteiger partial charge is 0.127 e. The molecule has 0 radical (unpaired) electrons. The zero-order valence-corrected chi connectivity index (χ0v) is 30.7. The lowest BCUT2D eigenvalue weighted by atomic mass is 9.84. The van der Waals surface area contributed by atoms with E-state index in [1.807, 2.05) is 0 Å². The van der Waals surface area contributed by atoms with Crippen molar-refractivity contribution < 1.29 is 0 Å². The summed E-state index contributed by atoms with van der Waals surface area (Å²) in [5.41, 5.74) is 11.3. The summed E-state index contributed by atoms with van der Waals surface area (Å²) in [6, 6.07) is 18.9. The van der Waals surface area contributed by atoms with Crippen LogP contribution in [0.5, 0.6) is 0 Å². The highest BCUT2D eigenvalue weighted by atomic mass is 32.2. The Morgan fingerprint density at radius 2 is 1.33 bits per heavy atom. The molecule has 0 spiro atoms. The van der Waals surface area contributed by atoms with Crippen LogP contribution in [-0.4, -0.2) is 18.6 Å². The Morgan fingerprint density at radius 3 is 1.93 bits per heavy atom. The standard InChI is InChI=1S/C39H54S2Si/c1-22(2)30-21-32-34(29-15-13-12-14-23(29)3)26(6)41-36(32)38(30)42(10,11)37-24(4)20-31-33(25(5)40-35(31)37)27-16-18-28(19-17-27)39(7,8)9/h12-19,22,24,30-32,35-38H,20-21H2,1-11H3. The molecule has 2 fully saturated rings. The first kappa shape index (κ1) is 30.8. The van der Waals surface area contributed by atoms with Crippen molar-refractivity contribution in [1.82, 2.24) is 0 Å². The molecule has 2 heterocycles. The molecule has 0 N–H and O–H groups in total. The molecule has 0 aromatic heterocycles. The Kier molecular flexibility index (Phi) is 8.09. The predicted molar refractivity (Wildman–Crippen MR) is 193 cm³/mol. The van der Waals surface area contributed by atoms with Crippen LogP contribution in [0, 0.1) is 36.5 Å². The molecule has 0 bridgehead atoms. The number of benzene rings is 2. The van der Waals surface area contributed by atoms with Crippen molar-refractivity contribution in [3.8, 4) is 0 Å². The highest BCUT2D eigenvalue weighted by Gasteiger charge is 2.62. The van der Waals surface area contributed by atoms with Crippen LogP contribution in [0.1, 0.15) is 90.5 Å². The third kappa shape index (κ3) is 4.96.